The summed E-state index contributed by atoms with van der Waals surface area (Å²) in [6, 6.07) is -0.0523. The number of hydrogen-bond acceptors (Lipinski definition) is 3. The minimum absolute atomic E-state index is 0.0523. The lowest BCUT2D eigenvalue weighted by molar-refractivity contribution is -0.138. The molecule has 1 aliphatic heterocycles. The Morgan fingerprint density at radius 2 is 2.33 bits per heavy atom. The molecule has 2 atom stereocenters. The minimum Gasteiger partial charge on any atom is -0.481 e. The van der Waals surface area contributed by atoms with Crippen LogP contribution in [0.5, 0.6) is 0 Å². The van der Waals surface area contributed by atoms with E-state index in [2.05, 4.69) is 11.2 Å². The van der Waals surface area contributed by atoms with E-state index in [0.29, 0.717) is 18.8 Å². The van der Waals surface area contributed by atoms with Crippen LogP contribution in [0.4, 0.5) is 4.79 Å². The minimum atomic E-state index is -0.769. The third kappa shape index (κ3) is 6.76. The average molecular weight is 312 g/mol. The zero-order valence-corrected chi connectivity index (χ0v) is 13.3. The predicted molar refractivity (Wildman–Crippen MR) is 85.3 cm³/mol. The SMILES string of the molecule is C#CCSCCNC(=O)N1CCCC(C(C)CC(=O)O)C1. The maximum absolute atomic E-state index is 12.1. The summed E-state index contributed by atoms with van der Waals surface area (Å²) in [5.74, 6) is 3.62. The first-order valence-corrected chi connectivity index (χ1v) is 8.45. The van der Waals surface area contributed by atoms with E-state index in [4.69, 9.17) is 11.5 Å². The average Bonchev–Trinajstić information content (AvgIpc) is 2.46. The molecule has 5 nitrogen and oxygen atoms in total. The number of hydrogen-bond donors (Lipinski definition) is 2. The topological polar surface area (TPSA) is 69.6 Å². The summed E-state index contributed by atoms with van der Waals surface area (Å²) in [5.41, 5.74) is 0. The maximum Gasteiger partial charge on any atom is 0.317 e. The molecular weight excluding hydrogens is 288 g/mol. The van der Waals surface area contributed by atoms with Crippen LogP contribution >= 0.6 is 11.8 Å². The zero-order chi connectivity index (χ0) is 15.7. The number of terminal acetylenes is 1. The van der Waals surface area contributed by atoms with Gasteiger partial charge in [-0.15, -0.1) is 18.2 Å². The van der Waals surface area contributed by atoms with E-state index in [9.17, 15) is 9.59 Å². The lowest BCUT2D eigenvalue weighted by Crippen LogP contribution is -2.47. The number of likely N-dealkylation sites (tertiary alicyclic amines) is 1. The van der Waals surface area contributed by atoms with Gasteiger partial charge in [-0.25, -0.2) is 4.79 Å². The molecule has 1 fully saturated rings. The highest BCUT2D eigenvalue weighted by atomic mass is 32.2. The molecule has 2 unspecified atom stereocenters. The summed E-state index contributed by atoms with van der Waals surface area (Å²) >= 11 is 1.62. The molecule has 1 saturated heterocycles. The second-order valence-electron chi connectivity index (χ2n) is 5.41. The Labute approximate surface area is 130 Å². The zero-order valence-electron chi connectivity index (χ0n) is 12.5. The Kier molecular flexibility index (Phi) is 8.06. The third-order valence-corrected chi connectivity index (χ3v) is 4.62. The molecule has 0 aromatic heterocycles. The summed E-state index contributed by atoms with van der Waals surface area (Å²) < 4.78 is 0. The Morgan fingerprint density at radius 3 is 3.00 bits per heavy atom. The van der Waals surface area contributed by atoms with Crippen LogP contribution in [0.3, 0.4) is 0 Å². The number of carbonyl (C=O) groups excluding carboxylic acids is 1. The maximum atomic E-state index is 12.1. The number of carbonyl (C=O) groups is 2. The molecule has 2 amide bonds. The predicted octanol–water partition coefficient (Wildman–Crippen LogP) is 1.89. The van der Waals surface area contributed by atoms with Crippen LogP contribution < -0.4 is 5.32 Å². The standard InChI is InChI=1S/C15H24N2O3S/c1-3-8-21-9-6-16-15(20)17-7-4-5-13(11-17)12(2)10-14(18)19/h1,12-13H,4-11H2,2H3,(H,16,20)(H,18,19). The van der Waals surface area contributed by atoms with E-state index in [1.54, 1.807) is 16.7 Å². The van der Waals surface area contributed by atoms with E-state index >= 15 is 0 Å². The monoisotopic (exact) mass is 312 g/mol. The summed E-state index contributed by atoms with van der Waals surface area (Å²) in [6.07, 6.45) is 7.26. The van der Waals surface area contributed by atoms with Gasteiger partial charge in [0.05, 0.1) is 5.75 Å². The Balaban J connectivity index is 2.32. The van der Waals surface area contributed by atoms with Gasteiger partial charge < -0.3 is 15.3 Å². The van der Waals surface area contributed by atoms with Crippen LogP contribution in [0, 0.1) is 24.2 Å². The van der Waals surface area contributed by atoms with Crippen molar-refractivity contribution >= 4 is 23.8 Å². The molecule has 0 bridgehead atoms. The van der Waals surface area contributed by atoms with E-state index in [0.717, 1.165) is 25.1 Å². The van der Waals surface area contributed by atoms with Gasteiger partial charge in [0.25, 0.3) is 0 Å². The molecule has 0 aromatic rings. The van der Waals surface area contributed by atoms with E-state index in [-0.39, 0.29) is 24.3 Å². The lowest BCUT2D eigenvalue weighted by atomic mass is 9.85. The number of urea groups is 1. The van der Waals surface area contributed by atoms with Crippen LogP contribution in [-0.4, -0.2) is 53.1 Å². The highest BCUT2D eigenvalue weighted by Crippen LogP contribution is 2.26. The number of thioether (sulfide) groups is 1. The second kappa shape index (κ2) is 9.56. The molecule has 118 valence electrons. The Hall–Kier alpha value is -1.35. The second-order valence-corrected chi connectivity index (χ2v) is 6.52. The van der Waals surface area contributed by atoms with Crippen LogP contribution in [0.1, 0.15) is 26.2 Å². The molecule has 0 radical (unpaired) electrons. The van der Waals surface area contributed by atoms with Gasteiger partial charge in [0, 0.05) is 31.8 Å². The number of rotatable bonds is 7. The number of piperidine rings is 1. The summed E-state index contributed by atoms with van der Waals surface area (Å²) in [4.78, 5) is 24.7. The summed E-state index contributed by atoms with van der Waals surface area (Å²) in [6.45, 7) is 3.96. The van der Waals surface area contributed by atoms with Crippen molar-refractivity contribution in [3.05, 3.63) is 0 Å². The van der Waals surface area contributed by atoms with Gasteiger partial charge in [0.15, 0.2) is 0 Å². The number of carboxylic acid groups (broad SMARTS) is 1. The fourth-order valence-corrected chi connectivity index (χ4v) is 3.08. The molecule has 0 aliphatic carbocycles. The van der Waals surface area contributed by atoms with Crippen LogP contribution in [-0.2, 0) is 4.79 Å². The molecule has 21 heavy (non-hydrogen) atoms. The van der Waals surface area contributed by atoms with Gasteiger partial charge in [0.1, 0.15) is 0 Å². The first-order chi connectivity index (χ1) is 10.0. The fraction of sp³-hybridized carbons (Fsp3) is 0.733. The first kappa shape index (κ1) is 17.7. The van der Waals surface area contributed by atoms with E-state index in [1.165, 1.54) is 0 Å². The van der Waals surface area contributed by atoms with Crippen molar-refractivity contribution in [2.24, 2.45) is 11.8 Å². The van der Waals surface area contributed by atoms with Crippen molar-refractivity contribution in [1.29, 1.82) is 0 Å². The number of nitrogens with zero attached hydrogens (tertiary/aromatic N) is 1. The normalized spacial score (nSPS) is 19.6. The number of nitrogens with one attached hydrogen (secondary N) is 1. The Bertz CT molecular complexity index is 395. The lowest BCUT2D eigenvalue weighted by Gasteiger charge is -2.35. The van der Waals surface area contributed by atoms with Crippen molar-refractivity contribution in [1.82, 2.24) is 10.2 Å². The molecule has 0 spiro atoms. The largest absolute Gasteiger partial charge is 0.481 e. The molecule has 0 aromatic carbocycles. The Morgan fingerprint density at radius 1 is 1.57 bits per heavy atom. The van der Waals surface area contributed by atoms with Gasteiger partial charge in [-0.1, -0.05) is 12.8 Å². The van der Waals surface area contributed by atoms with Crippen LogP contribution in [0.15, 0.2) is 0 Å². The van der Waals surface area contributed by atoms with Crippen LogP contribution in [0.2, 0.25) is 0 Å². The van der Waals surface area contributed by atoms with E-state index in [1.807, 2.05) is 6.92 Å². The quantitative estimate of drug-likeness (QED) is 0.556. The van der Waals surface area contributed by atoms with Crippen molar-refractivity contribution in [2.75, 3.05) is 31.1 Å². The highest BCUT2D eigenvalue weighted by Gasteiger charge is 2.28. The van der Waals surface area contributed by atoms with E-state index < -0.39 is 5.97 Å². The number of aliphatic carboxylic acids is 1. The molecular formula is C15H24N2O3S. The molecule has 6 heteroatoms. The summed E-state index contributed by atoms with van der Waals surface area (Å²) in [7, 11) is 0. The first-order valence-electron chi connectivity index (χ1n) is 7.30. The van der Waals surface area contributed by atoms with Gasteiger partial charge >= 0.3 is 12.0 Å². The molecule has 1 rings (SSSR count). The van der Waals surface area contributed by atoms with Crippen molar-refractivity contribution in [3.8, 4) is 12.3 Å². The van der Waals surface area contributed by atoms with Crippen molar-refractivity contribution in [2.45, 2.75) is 26.2 Å². The van der Waals surface area contributed by atoms with Crippen molar-refractivity contribution in [3.63, 3.8) is 0 Å². The smallest absolute Gasteiger partial charge is 0.317 e. The number of carboxylic acids is 1. The number of amides is 2. The van der Waals surface area contributed by atoms with Gasteiger partial charge in [-0.3, -0.25) is 4.79 Å². The third-order valence-electron chi connectivity index (χ3n) is 3.75. The molecule has 1 heterocycles. The highest BCUT2D eigenvalue weighted by molar-refractivity contribution is 7.99. The van der Waals surface area contributed by atoms with Gasteiger partial charge in [0.2, 0.25) is 0 Å². The summed E-state index contributed by atoms with van der Waals surface area (Å²) in [5, 5.41) is 11.8. The molecule has 1 aliphatic rings. The van der Waals surface area contributed by atoms with Crippen molar-refractivity contribution < 1.29 is 14.7 Å². The van der Waals surface area contributed by atoms with Gasteiger partial charge in [-0.05, 0) is 24.7 Å². The molecule has 0 saturated carbocycles. The van der Waals surface area contributed by atoms with Gasteiger partial charge in [-0.2, -0.15) is 0 Å². The molecule has 2 N–H and O–H groups in total. The van der Waals surface area contributed by atoms with Crippen LogP contribution in [0.25, 0.3) is 0 Å². The fourth-order valence-electron chi connectivity index (χ4n) is 2.57.